The van der Waals surface area contributed by atoms with Crippen molar-refractivity contribution >= 4 is 34.8 Å². The molecule has 0 radical (unpaired) electrons. The van der Waals surface area contributed by atoms with E-state index in [-0.39, 0.29) is 23.1 Å². The second-order valence-electron chi connectivity index (χ2n) is 4.42. The van der Waals surface area contributed by atoms with Crippen LogP contribution in [0.15, 0.2) is 36.4 Å². The van der Waals surface area contributed by atoms with Crippen molar-refractivity contribution in [3.8, 4) is 17.6 Å². The third-order valence-electron chi connectivity index (χ3n) is 2.85. The third kappa shape index (κ3) is 4.28. The normalized spacial score (nSPS) is 9.83. The maximum Gasteiger partial charge on any atom is 0.262 e. The minimum absolute atomic E-state index is 0.187. The smallest absolute Gasteiger partial charge is 0.262 e. The fourth-order valence-electron chi connectivity index (χ4n) is 1.81. The number of para-hydroxylation sites is 1. The van der Waals surface area contributed by atoms with Gasteiger partial charge in [-0.05, 0) is 18.2 Å². The monoisotopic (exact) mass is 350 g/mol. The molecule has 2 rings (SSSR count). The number of carbonyl (C=O) groups is 1. The van der Waals surface area contributed by atoms with E-state index in [1.807, 2.05) is 6.07 Å². The average Bonchev–Trinajstić information content (AvgIpc) is 2.55. The maximum atomic E-state index is 11.9. The summed E-state index contributed by atoms with van der Waals surface area (Å²) in [6.07, 6.45) is 0. The number of amides is 1. The fourth-order valence-corrected chi connectivity index (χ4v) is 2.26. The van der Waals surface area contributed by atoms with Crippen LogP contribution in [0, 0.1) is 11.3 Å². The standard InChI is InChI=1S/C16H12Cl2N2O3/c1-22-14-7-10(8-19)6-12(18)16(14)23-9-15(21)20-13-5-3-2-4-11(13)17/h2-7H,9H2,1H3,(H,20,21). The summed E-state index contributed by atoms with van der Waals surface area (Å²) in [5.41, 5.74) is 0.820. The average molecular weight is 351 g/mol. The molecule has 0 aliphatic carbocycles. The Morgan fingerprint density at radius 3 is 2.65 bits per heavy atom. The molecule has 0 aromatic heterocycles. The molecule has 23 heavy (non-hydrogen) atoms. The fraction of sp³-hybridized carbons (Fsp3) is 0.125. The van der Waals surface area contributed by atoms with Gasteiger partial charge in [0.05, 0.1) is 34.5 Å². The van der Waals surface area contributed by atoms with Gasteiger partial charge in [0.25, 0.3) is 5.91 Å². The van der Waals surface area contributed by atoms with Crippen molar-refractivity contribution < 1.29 is 14.3 Å². The number of benzene rings is 2. The minimum atomic E-state index is -0.402. The van der Waals surface area contributed by atoms with Crippen LogP contribution in [0.5, 0.6) is 11.5 Å². The molecule has 118 valence electrons. The van der Waals surface area contributed by atoms with Crippen LogP contribution in [0.4, 0.5) is 5.69 Å². The number of halogens is 2. The quantitative estimate of drug-likeness (QED) is 0.887. The number of carbonyl (C=O) groups excluding carboxylic acids is 1. The van der Waals surface area contributed by atoms with Gasteiger partial charge in [-0.15, -0.1) is 0 Å². The molecular weight excluding hydrogens is 339 g/mol. The first kappa shape index (κ1) is 16.9. The van der Waals surface area contributed by atoms with Crippen molar-refractivity contribution in [3.05, 3.63) is 52.0 Å². The molecule has 0 atom stereocenters. The number of methoxy groups -OCH3 is 1. The molecule has 0 unspecified atom stereocenters. The van der Waals surface area contributed by atoms with Crippen LogP contribution in [-0.4, -0.2) is 19.6 Å². The van der Waals surface area contributed by atoms with Crippen LogP contribution in [0.25, 0.3) is 0 Å². The lowest BCUT2D eigenvalue weighted by Gasteiger charge is -2.13. The van der Waals surface area contributed by atoms with E-state index in [1.54, 1.807) is 24.3 Å². The molecule has 0 heterocycles. The number of anilines is 1. The molecule has 0 saturated heterocycles. The largest absolute Gasteiger partial charge is 0.493 e. The number of hydrogen-bond donors (Lipinski definition) is 1. The summed E-state index contributed by atoms with van der Waals surface area (Å²) in [6.45, 7) is -0.285. The van der Waals surface area contributed by atoms with Gasteiger partial charge in [-0.25, -0.2) is 0 Å². The molecule has 0 fully saturated rings. The molecule has 1 amide bonds. The second-order valence-corrected chi connectivity index (χ2v) is 5.23. The van der Waals surface area contributed by atoms with Gasteiger partial charge in [-0.3, -0.25) is 4.79 Å². The molecule has 0 aliphatic heterocycles. The summed E-state index contributed by atoms with van der Waals surface area (Å²) in [5, 5.41) is 12.1. The highest BCUT2D eigenvalue weighted by molar-refractivity contribution is 6.33. The van der Waals surface area contributed by atoms with Gasteiger partial charge >= 0.3 is 0 Å². The zero-order valence-electron chi connectivity index (χ0n) is 12.1. The number of rotatable bonds is 5. The molecule has 0 spiro atoms. The van der Waals surface area contributed by atoms with Gasteiger partial charge in [0.15, 0.2) is 18.1 Å². The Hall–Kier alpha value is -2.42. The van der Waals surface area contributed by atoms with Crippen LogP contribution in [-0.2, 0) is 4.79 Å². The van der Waals surface area contributed by atoms with E-state index in [9.17, 15) is 4.79 Å². The van der Waals surface area contributed by atoms with E-state index in [1.165, 1.54) is 19.2 Å². The first-order valence-corrected chi connectivity index (χ1v) is 7.25. The van der Waals surface area contributed by atoms with Crippen molar-refractivity contribution in [2.75, 3.05) is 19.0 Å². The van der Waals surface area contributed by atoms with Crippen molar-refractivity contribution in [3.63, 3.8) is 0 Å². The summed E-state index contributed by atoms with van der Waals surface area (Å²) >= 11 is 12.0. The number of hydrogen-bond acceptors (Lipinski definition) is 4. The summed E-state index contributed by atoms with van der Waals surface area (Å²) in [5.74, 6) is 0.0719. The highest BCUT2D eigenvalue weighted by Crippen LogP contribution is 2.36. The lowest BCUT2D eigenvalue weighted by atomic mass is 10.2. The molecule has 2 aromatic carbocycles. The first-order chi connectivity index (χ1) is 11.0. The first-order valence-electron chi connectivity index (χ1n) is 6.50. The molecule has 1 N–H and O–H groups in total. The highest BCUT2D eigenvalue weighted by atomic mass is 35.5. The summed E-state index contributed by atoms with van der Waals surface area (Å²) < 4.78 is 10.5. The molecule has 0 saturated carbocycles. The van der Waals surface area contributed by atoms with Crippen molar-refractivity contribution in [1.29, 1.82) is 5.26 Å². The predicted molar refractivity (Wildman–Crippen MR) is 88.3 cm³/mol. The Kier molecular flexibility index (Phi) is 5.69. The Morgan fingerprint density at radius 1 is 1.26 bits per heavy atom. The summed E-state index contributed by atoms with van der Waals surface area (Å²) in [6, 6.07) is 11.7. The van der Waals surface area contributed by atoms with E-state index < -0.39 is 5.91 Å². The second kappa shape index (κ2) is 7.73. The third-order valence-corrected chi connectivity index (χ3v) is 3.46. The van der Waals surface area contributed by atoms with Crippen LogP contribution in [0.2, 0.25) is 10.0 Å². The van der Waals surface area contributed by atoms with E-state index in [0.29, 0.717) is 16.3 Å². The molecular formula is C16H12Cl2N2O3. The minimum Gasteiger partial charge on any atom is -0.493 e. The van der Waals surface area contributed by atoms with E-state index in [2.05, 4.69) is 5.32 Å². The van der Waals surface area contributed by atoms with E-state index in [0.717, 1.165) is 0 Å². The zero-order chi connectivity index (χ0) is 16.8. The predicted octanol–water partition coefficient (Wildman–Crippen LogP) is 3.89. The summed E-state index contributed by atoms with van der Waals surface area (Å²) in [7, 11) is 1.42. The van der Waals surface area contributed by atoms with Crippen molar-refractivity contribution in [2.24, 2.45) is 0 Å². The van der Waals surface area contributed by atoms with Crippen LogP contribution < -0.4 is 14.8 Å². The lowest BCUT2D eigenvalue weighted by molar-refractivity contribution is -0.118. The molecule has 0 bridgehead atoms. The Balaban J connectivity index is 2.08. The van der Waals surface area contributed by atoms with Gasteiger partial charge in [-0.2, -0.15) is 5.26 Å². The molecule has 7 heteroatoms. The topological polar surface area (TPSA) is 71.3 Å². The Bertz CT molecular complexity index is 772. The Morgan fingerprint density at radius 2 is 2.00 bits per heavy atom. The molecule has 2 aromatic rings. The zero-order valence-corrected chi connectivity index (χ0v) is 13.6. The number of nitriles is 1. The van der Waals surface area contributed by atoms with Crippen LogP contribution in [0.3, 0.4) is 0 Å². The molecule has 0 aliphatic rings. The van der Waals surface area contributed by atoms with Gasteiger partial charge in [-0.1, -0.05) is 35.3 Å². The maximum absolute atomic E-state index is 11.9. The van der Waals surface area contributed by atoms with Gasteiger partial charge in [0.1, 0.15) is 0 Å². The number of nitrogens with one attached hydrogen (secondary N) is 1. The lowest BCUT2D eigenvalue weighted by Crippen LogP contribution is -2.20. The van der Waals surface area contributed by atoms with Crippen LogP contribution in [0.1, 0.15) is 5.56 Å². The van der Waals surface area contributed by atoms with E-state index in [4.69, 9.17) is 37.9 Å². The number of nitrogens with zero attached hydrogens (tertiary/aromatic N) is 1. The van der Waals surface area contributed by atoms with Crippen LogP contribution >= 0.6 is 23.2 Å². The van der Waals surface area contributed by atoms with Gasteiger partial charge in [0.2, 0.25) is 0 Å². The highest BCUT2D eigenvalue weighted by Gasteiger charge is 2.14. The van der Waals surface area contributed by atoms with E-state index >= 15 is 0 Å². The SMILES string of the molecule is COc1cc(C#N)cc(Cl)c1OCC(=O)Nc1ccccc1Cl. The molecule has 5 nitrogen and oxygen atoms in total. The van der Waals surface area contributed by atoms with Crippen molar-refractivity contribution in [2.45, 2.75) is 0 Å². The summed E-state index contributed by atoms with van der Waals surface area (Å²) in [4.78, 5) is 11.9. The van der Waals surface area contributed by atoms with Crippen molar-refractivity contribution in [1.82, 2.24) is 0 Å². The van der Waals surface area contributed by atoms with Gasteiger partial charge in [0, 0.05) is 6.07 Å². The Labute approximate surface area is 143 Å². The number of ether oxygens (including phenoxy) is 2. The van der Waals surface area contributed by atoms with Gasteiger partial charge < -0.3 is 14.8 Å².